The smallest absolute Gasteiger partial charge is 0.247 e. The van der Waals surface area contributed by atoms with Gasteiger partial charge in [0, 0.05) is 30.6 Å². The number of aliphatic hydroxyl groups excluding tert-OH is 1. The minimum Gasteiger partial charge on any atom is -0.394 e. The SMILES string of the molecule is CCCCN1CC=C[C@]23S[C@@H]4C=CCN(c5ccccc5)C(=O)[C@@H]4[C@H]2C(=O)N([C@@H](CO)CC(C)C)C3C1=O. The molecular formula is C30H39N3O4S. The number of carbonyl (C=O) groups excluding carboxylic acids is 3. The molecule has 0 aliphatic carbocycles. The molecule has 2 saturated heterocycles. The van der Waals surface area contributed by atoms with E-state index >= 15 is 0 Å². The van der Waals surface area contributed by atoms with Gasteiger partial charge in [-0.3, -0.25) is 14.4 Å². The summed E-state index contributed by atoms with van der Waals surface area (Å²) in [5.41, 5.74) is 0.805. The minimum atomic E-state index is -0.853. The molecule has 1 spiro atoms. The normalized spacial score (nSPS) is 31.4. The van der Waals surface area contributed by atoms with Crippen LogP contribution in [0.2, 0.25) is 0 Å². The Morgan fingerprint density at radius 3 is 2.50 bits per heavy atom. The van der Waals surface area contributed by atoms with Crippen LogP contribution < -0.4 is 4.90 Å². The number of carbonyl (C=O) groups is 3. The average molecular weight is 538 g/mol. The van der Waals surface area contributed by atoms with E-state index in [-0.39, 0.29) is 35.5 Å². The van der Waals surface area contributed by atoms with Crippen molar-refractivity contribution in [2.75, 3.05) is 31.1 Å². The summed E-state index contributed by atoms with van der Waals surface area (Å²) >= 11 is 1.60. The van der Waals surface area contributed by atoms with E-state index in [1.165, 1.54) is 0 Å². The van der Waals surface area contributed by atoms with E-state index in [9.17, 15) is 19.5 Å². The second-order valence-corrected chi connectivity index (χ2v) is 12.8. The molecule has 4 aliphatic rings. The van der Waals surface area contributed by atoms with Crippen LogP contribution in [0.1, 0.15) is 40.0 Å². The molecule has 7 nitrogen and oxygen atoms in total. The van der Waals surface area contributed by atoms with E-state index < -0.39 is 28.7 Å². The second kappa shape index (κ2) is 10.9. The van der Waals surface area contributed by atoms with Crippen LogP contribution in [-0.2, 0) is 14.4 Å². The summed E-state index contributed by atoms with van der Waals surface area (Å²) in [6.07, 6.45) is 10.6. The van der Waals surface area contributed by atoms with Crippen LogP contribution in [0.3, 0.4) is 0 Å². The van der Waals surface area contributed by atoms with Crippen molar-refractivity contribution >= 4 is 35.2 Å². The van der Waals surface area contributed by atoms with E-state index in [4.69, 9.17) is 0 Å². The lowest BCUT2D eigenvalue weighted by molar-refractivity contribution is -0.146. The molecule has 38 heavy (non-hydrogen) atoms. The fraction of sp³-hybridized carbons (Fsp3) is 0.567. The van der Waals surface area contributed by atoms with Crippen LogP contribution in [0.25, 0.3) is 0 Å². The van der Waals surface area contributed by atoms with Gasteiger partial charge in [0.25, 0.3) is 0 Å². The highest BCUT2D eigenvalue weighted by atomic mass is 32.2. The van der Waals surface area contributed by atoms with Crippen molar-refractivity contribution < 1.29 is 19.5 Å². The third-order valence-electron chi connectivity index (χ3n) is 8.38. The molecular weight excluding hydrogens is 498 g/mol. The molecule has 0 radical (unpaired) electrons. The Kier molecular flexibility index (Phi) is 7.74. The molecule has 4 aliphatic heterocycles. The summed E-state index contributed by atoms with van der Waals surface area (Å²) < 4.78 is -0.853. The predicted octanol–water partition coefficient (Wildman–Crippen LogP) is 3.49. The Labute approximate surface area is 229 Å². The first kappa shape index (κ1) is 27.0. The standard InChI is InChI=1S/C30H39N3O4S/c1-4-5-15-31-16-10-14-30-25(28(36)33(26(30)29(31)37)22(19-34)18-20(2)3)24-23(38-30)13-9-17-32(27(24)35)21-11-7-6-8-12-21/h6-14,20,22-26,34H,4-5,15-19H2,1-3H3/t22-,23-,24+,25+,26?,30+/m1/s1. The molecule has 4 heterocycles. The average Bonchev–Trinajstić information content (AvgIpc) is 3.23. The summed E-state index contributed by atoms with van der Waals surface area (Å²) in [6.45, 7) is 7.58. The fourth-order valence-corrected chi connectivity index (χ4v) is 8.72. The first-order valence-electron chi connectivity index (χ1n) is 13.9. The lowest BCUT2D eigenvalue weighted by Gasteiger charge is -2.39. The summed E-state index contributed by atoms with van der Waals surface area (Å²) in [6, 6.07) is 8.36. The Morgan fingerprint density at radius 2 is 1.82 bits per heavy atom. The molecule has 5 rings (SSSR count). The van der Waals surface area contributed by atoms with E-state index in [1.54, 1.807) is 21.6 Å². The van der Waals surface area contributed by atoms with Crippen LogP contribution in [0.4, 0.5) is 5.69 Å². The Balaban J connectivity index is 1.60. The zero-order chi connectivity index (χ0) is 27.0. The second-order valence-electron chi connectivity index (χ2n) is 11.3. The van der Waals surface area contributed by atoms with Gasteiger partial charge in [0.1, 0.15) is 6.04 Å². The monoisotopic (exact) mass is 537 g/mol. The van der Waals surface area contributed by atoms with E-state index in [0.29, 0.717) is 26.1 Å². The topological polar surface area (TPSA) is 81.2 Å². The maximum Gasteiger partial charge on any atom is 0.247 e. The van der Waals surface area contributed by atoms with Crippen molar-refractivity contribution in [3.8, 4) is 0 Å². The zero-order valence-electron chi connectivity index (χ0n) is 22.5. The van der Waals surface area contributed by atoms with Gasteiger partial charge >= 0.3 is 0 Å². The van der Waals surface area contributed by atoms with Gasteiger partial charge in [0.15, 0.2) is 0 Å². The fourth-order valence-electron chi connectivity index (χ4n) is 6.73. The van der Waals surface area contributed by atoms with Crippen LogP contribution in [0, 0.1) is 17.8 Å². The van der Waals surface area contributed by atoms with Crippen LogP contribution >= 0.6 is 11.8 Å². The first-order chi connectivity index (χ1) is 18.3. The highest BCUT2D eigenvalue weighted by molar-refractivity contribution is 8.02. The molecule has 1 aromatic carbocycles. The van der Waals surface area contributed by atoms with Crippen molar-refractivity contribution in [1.82, 2.24) is 9.80 Å². The largest absolute Gasteiger partial charge is 0.394 e. The number of hydrogen-bond donors (Lipinski definition) is 1. The summed E-state index contributed by atoms with van der Waals surface area (Å²) in [7, 11) is 0. The minimum absolute atomic E-state index is 0.0678. The molecule has 3 amide bonds. The Bertz CT molecular complexity index is 1120. The molecule has 1 unspecified atom stereocenters. The molecule has 0 saturated carbocycles. The number of anilines is 1. The number of rotatable bonds is 8. The molecule has 1 N–H and O–H groups in total. The predicted molar refractivity (Wildman–Crippen MR) is 151 cm³/mol. The first-order valence-corrected chi connectivity index (χ1v) is 14.8. The van der Waals surface area contributed by atoms with Gasteiger partial charge in [-0.1, -0.05) is 69.7 Å². The lowest BCUT2D eigenvalue weighted by atomic mass is 9.78. The molecule has 0 bridgehead atoms. The number of benzene rings is 1. The molecule has 8 heteroatoms. The Morgan fingerprint density at radius 1 is 1.05 bits per heavy atom. The highest BCUT2D eigenvalue weighted by Gasteiger charge is 2.71. The van der Waals surface area contributed by atoms with Crippen molar-refractivity contribution in [3.05, 3.63) is 54.6 Å². The van der Waals surface area contributed by atoms with Crippen molar-refractivity contribution in [1.29, 1.82) is 0 Å². The number of hydrogen-bond acceptors (Lipinski definition) is 5. The Hall–Kier alpha value is -2.58. The van der Waals surface area contributed by atoms with Crippen molar-refractivity contribution in [2.24, 2.45) is 17.8 Å². The lowest BCUT2D eigenvalue weighted by Crippen LogP contribution is -2.56. The number of nitrogens with zero attached hydrogens (tertiary/aromatic N) is 3. The van der Waals surface area contributed by atoms with Crippen molar-refractivity contribution in [3.63, 3.8) is 0 Å². The number of likely N-dealkylation sites (tertiary alicyclic amines) is 1. The molecule has 0 aromatic heterocycles. The number of amides is 3. The van der Waals surface area contributed by atoms with Gasteiger partial charge in [-0.25, -0.2) is 0 Å². The van der Waals surface area contributed by atoms with E-state index in [0.717, 1.165) is 18.5 Å². The molecule has 2 fully saturated rings. The van der Waals surface area contributed by atoms with E-state index in [1.807, 2.05) is 47.4 Å². The van der Waals surface area contributed by atoms with Crippen LogP contribution in [0.15, 0.2) is 54.6 Å². The molecule has 204 valence electrons. The summed E-state index contributed by atoms with van der Waals surface area (Å²) in [5, 5.41) is 10.3. The van der Waals surface area contributed by atoms with Gasteiger partial charge in [-0.15, -0.1) is 11.8 Å². The third-order valence-corrected chi connectivity index (χ3v) is 10.1. The maximum atomic E-state index is 14.5. The summed E-state index contributed by atoms with van der Waals surface area (Å²) in [5.74, 6) is -1.34. The van der Waals surface area contributed by atoms with Gasteiger partial charge in [-0.05, 0) is 30.9 Å². The number of unbranched alkanes of at least 4 members (excludes halogenated alkanes) is 1. The zero-order valence-corrected chi connectivity index (χ0v) is 23.3. The maximum absolute atomic E-state index is 14.5. The quantitative estimate of drug-likeness (QED) is 0.514. The van der Waals surface area contributed by atoms with Gasteiger partial charge in [0.2, 0.25) is 17.7 Å². The van der Waals surface area contributed by atoms with Crippen LogP contribution in [0.5, 0.6) is 0 Å². The highest BCUT2D eigenvalue weighted by Crippen LogP contribution is 2.61. The third kappa shape index (κ3) is 4.39. The van der Waals surface area contributed by atoms with Gasteiger partial charge < -0.3 is 19.8 Å². The number of thioether (sulfide) groups is 1. The van der Waals surface area contributed by atoms with Gasteiger partial charge in [-0.2, -0.15) is 0 Å². The summed E-state index contributed by atoms with van der Waals surface area (Å²) in [4.78, 5) is 48.2. The number of fused-ring (bicyclic) bond motifs is 2. The van der Waals surface area contributed by atoms with E-state index in [2.05, 4.69) is 32.9 Å². The molecule has 6 atom stereocenters. The number of para-hydroxylation sites is 1. The van der Waals surface area contributed by atoms with Crippen molar-refractivity contribution in [2.45, 2.75) is 62.1 Å². The molecule has 1 aromatic rings. The van der Waals surface area contributed by atoms with Gasteiger partial charge in [0.05, 0.1) is 29.2 Å². The van der Waals surface area contributed by atoms with Crippen LogP contribution in [-0.4, -0.2) is 80.9 Å². The number of aliphatic hydroxyl groups is 1.